The molecule has 130 valence electrons. The van der Waals surface area contributed by atoms with Crippen molar-refractivity contribution in [3.63, 3.8) is 0 Å². The number of amides is 2. The second kappa shape index (κ2) is 7.14. The topological polar surface area (TPSA) is 82.9 Å². The number of halogens is 1. The Balaban J connectivity index is 1.54. The second-order valence-corrected chi connectivity index (χ2v) is 9.07. The first-order chi connectivity index (χ1) is 11.5. The zero-order valence-corrected chi connectivity index (χ0v) is 15.0. The molecule has 1 saturated heterocycles. The van der Waals surface area contributed by atoms with Crippen molar-refractivity contribution >= 4 is 39.0 Å². The number of thiophene rings is 1. The first-order valence-electron chi connectivity index (χ1n) is 7.27. The number of nitrogens with zero attached hydrogens (tertiary/aromatic N) is 2. The number of piperazine rings is 1. The largest absolute Gasteiger partial charge is 0.467 e. The highest BCUT2D eigenvalue weighted by atomic mass is 35.5. The fraction of sp³-hybridized carbons (Fsp3) is 0.357. The number of nitrogens with one attached hydrogen (secondary N) is 1. The zero-order chi connectivity index (χ0) is 17.2. The summed E-state index contributed by atoms with van der Waals surface area (Å²) in [7, 11) is -3.54. The lowest BCUT2D eigenvalue weighted by molar-refractivity contribution is 0.171. The van der Waals surface area contributed by atoms with Gasteiger partial charge in [0.05, 0.1) is 17.1 Å². The molecule has 1 aliphatic heterocycles. The Kier molecular flexibility index (Phi) is 5.14. The number of carbonyl (C=O) groups is 1. The molecule has 0 spiro atoms. The summed E-state index contributed by atoms with van der Waals surface area (Å²) in [5.74, 6) is 0.666. The van der Waals surface area contributed by atoms with Crippen molar-refractivity contribution in [3.8, 4) is 0 Å². The Bertz CT molecular complexity index is 796. The third kappa shape index (κ3) is 3.75. The molecule has 0 unspecified atom stereocenters. The van der Waals surface area contributed by atoms with Gasteiger partial charge in [0, 0.05) is 26.2 Å². The van der Waals surface area contributed by atoms with Gasteiger partial charge >= 0.3 is 6.03 Å². The third-order valence-corrected chi connectivity index (χ3v) is 7.26. The maximum atomic E-state index is 12.5. The molecule has 1 N–H and O–H groups in total. The van der Waals surface area contributed by atoms with E-state index in [1.165, 1.54) is 10.4 Å². The van der Waals surface area contributed by atoms with Crippen molar-refractivity contribution in [3.05, 3.63) is 40.6 Å². The van der Waals surface area contributed by atoms with Gasteiger partial charge in [0.25, 0.3) is 10.0 Å². The molecule has 1 aliphatic rings. The smallest absolute Gasteiger partial charge is 0.317 e. The lowest BCUT2D eigenvalue weighted by Gasteiger charge is -2.33. The molecular formula is C14H16ClN3O4S2. The normalized spacial score (nSPS) is 16.3. The Morgan fingerprint density at radius 1 is 1.25 bits per heavy atom. The number of carbonyl (C=O) groups excluding carboxylic acids is 1. The van der Waals surface area contributed by atoms with E-state index in [0.29, 0.717) is 29.7 Å². The van der Waals surface area contributed by atoms with Crippen LogP contribution in [0.1, 0.15) is 5.76 Å². The van der Waals surface area contributed by atoms with Crippen molar-refractivity contribution in [2.24, 2.45) is 0 Å². The number of furan rings is 1. The van der Waals surface area contributed by atoms with E-state index in [2.05, 4.69) is 5.32 Å². The fourth-order valence-corrected chi connectivity index (χ4v) is 5.44. The van der Waals surface area contributed by atoms with Gasteiger partial charge in [0.15, 0.2) is 0 Å². The molecule has 2 aromatic heterocycles. The Labute approximate surface area is 148 Å². The predicted molar refractivity (Wildman–Crippen MR) is 90.6 cm³/mol. The van der Waals surface area contributed by atoms with Gasteiger partial charge in [-0.2, -0.15) is 4.31 Å². The highest BCUT2D eigenvalue weighted by molar-refractivity contribution is 7.91. The molecule has 0 aromatic carbocycles. The monoisotopic (exact) mass is 389 g/mol. The Morgan fingerprint density at radius 2 is 2.00 bits per heavy atom. The molecule has 10 heteroatoms. The summed E-state index contributed by atoms with van der Waals surface area (Å²) in [5, 5.41) is 2.75. The van der Waals surface area contributed by atoms with Gasteiger partial charge in [-0.15, -0.1) is 11.3 Å². The van der Waals surface area contributed by atoms with Crippen LogP contribution in [0.5, 0.6) is 0 Å². The van der Waals surface area contributed by atoms with Crippen LogP contribution in [0, 0.1) is 0 Å². The quantitative estimate of drug-likeness (QED) is 0.869. The number of sulfonamides is 1. The third-order valence-electron chi connectivity index (χ3n) is 3.66. The van der Waals surface area contributed by atoms with E-state index in [0.717, 1.165) is 11.3 Å². The van der Waals surface area contributed by atoms with Crippen molar-refractivity contribution < 1.29 is 17.6 Å². The van der Waals surface area contributed by atoms with E-state index < -0.39 is 10.0 Å². The highest BCUT2D eigenvalue weighted by Crippen LogP contribution is 2.28. The van der Waals surface area contributed by atoms with E-state index in [1.54, 1.807) is 29.4 Å². The van der Waals surface area contributed by atoms with Gasteiger partial charge in [-0.1, -0.05) is 11.6 Å². The van der Waals surface area contributed by atoms with Gasteiger partial charge in [-0.3, -0.25) is 0 Å². The molecule has 24 heavy (non-hydrogen) atoms. The van der Waals surface area contributed by atoms with Crippen molar-refractivity contribution in [2.45, 2.75) is 10.8 Å². The lowest BCUT2D eigenvalue weighted by atomic mass is 10.4. The van der Waals surface area contributed by atoms with Crippen LogP contribution in [0.15, 0.2) is 39.2 Å². The first kappa shape index (κ1) is 17.3. The average molecular weight is 390 g/mol. The van der Waals surface area contributed by atoms with Crippen LogP contribution in [-0.4, -0.2) is 49.8 Å². The first-order valence-corrected chi connectivity index (χ1v) is 9.91. The lowest BCUT2D eigenvalue weighted by Crippen LogP contribution is -2.52. The fourth-order valence-electron chi connectivity index (χ4n) is 2.38. The van der Waals surface area contributed by atoms with Crippen LogP contribution in [0.3, 0.4) is 0 Å². The average Bonchev–Trinajstić information content (AvgIpc) is 3.24. The van der Waals surface area contributed by atoms with E-state index in [9.17, 15) is 13.2 Å². The summed E-state index contributed by atoms with van der Waals surface area (Å²) in [5.41, 5.74) is 0. The number of hydrogen-bond acceptors (Lipinski definition) is 5. The van der Waals surface area contributed by atoms with Crippen LogP contribution in [0.25, 0.3) is 0 Å². The van der Waals surface area contributed by atoms with Gasteiger partial charge in [0.1, 0.15) is 9.97 Å². The molecule has 3 rings (SSSR count). The van der Waals surface area contributed by atoms with Crippen molar-refractivity contribution in [1.82, 2.24) is 14.5 Å². The minimum Gasteiger partial charge on any atom is -0.467 e. The van der Waals surface area contributed by atoms with Gasteiger partial charge in [-0.25, -0.2) is 13.2 Å². The van der Waals surface area contributed by atoms with Crippen LogP contribution in [-0.2, 0) is 16.6 Å². The summed E-state index contributed by atoms with van der Waals surface area (Å²) in [6.07, 6.45) is 1.54. The minimum atomic E-state index is -3.54. The molecule has 2 aromatic rings. The highest BCUT2D eigenvalue weighted by Gasteiger charge is 2.31. The molecule has 3 heterocycles. The van der Waals surface area contributed by atoms with E-state index >= 15 is 0 Å². The van der Waals surface area contributed by atoms with Crippen LogP contribution in [0.2, 0.25) is 4.34 Å². The molecule has 2 amide bonds. The second-order valence-electron chi connectivity index (χ2n) is 5.19. The van der Waals surface area contributed by atoms with E-state index in [4.69, 9.17) is 16.0 Å². The standard InChI is InChI=1S/C14H16ClN3O4S2/c15-12-3-4-13(23-12)24(20,21)18-7-5-17(6-8-18)14(19)16-10-11-2-1-9-22-11/h1-4,9H,5-8,10H2,(H,16,19). The van der Waals surface area contributed by atoms with Crippen molar-refractivity contribution in [2.75, 3.05) is 26.2 Å². The SMILES string of the molecule is O=C(NCc1ccco1)N1CCN(S(=O)(=O)c2ccc(Cl)s2)CC1. The summed E-state index contributed by atoms with van der Waals surface area (Å²) >= 11 is 6.85. The molecule has 0 saturated carbocycles. The predicted octanol–water partition coefficient (Wildman–Crippen LogP) is 2.21. The molecular weight excluding hydrogens is 374 g/mol. The number of urea groups is 1. The number of hydrogen-bond donors (Lipinski definition) is 1. The Morgan fingerprint density at radius 3 is 2.58 bits per heavy atom. The van der Waals surface area contributed by atoms with Crippen molar-refractivity contribution in [1.29, 1.82) is 0 Å². The number of rotatable bonds is 4. The van der Waals surface area contributed by atoms with Gasteiger partial charge < -0.3 is 14.6 Å². The maximum Gasteiger partial charge on any atom is 0.317 e. The van der Waals surface area contributed by atoms with Gasteiger partial charge in [0.2, 0.25) is 0 Å². The molecule has 7 nitrogen and oxygen atoms in total. The molecule has 0 radical (unpaired) electrons. The summed E-state index contributed by atoms with van der Waals surface area (Å²) in [6.45, 7) is 1.49. The molecule has 0 bridgehead atoms. The summed E-state index contributed by atoms with van der Waals surface area (Å²) in [4.78, 5) is 13.7. The van der Waals surface area contributed by atoms with Crippen LogP contribution >= 0.6 is 22.9 Å². The van der Waals surface area contributed by atoms with Gasteiger partial charge in [-0.05, 0) is 24.3 Å². The maximum absolute atomic E-state index is 12.5. The Hall–Kier alpha value is -1.55. The zero-order valence-electron chi connectivity index (χ0n) is 12.6. The molecule has 0 aliphatic carbocycles. The van der Waals surface area contributed by atoms with E-state index in [1.807, 2.05) is 0 Å². The van der Waals surface area contributed by atoms with Crippen LogP contribution < -0.4 is 5.32 Å². The van der Waals surface area contributed by atoms with Crippen LogP contribution in [0.4, 0.5) is 4.79 Å². The summed E-state index contributed by atoms with van der Waals surface area (Å²) in [6, 6.07) is 6.36. The summed E-state index contributed by atoms with van der Waals surface area (Å²) < 4.78 is 32.2. The van der Waals surface area contributed by atoms with E-state index in [-0.39, 0.29) is 23.3 Å². The molecule has 0 atom stereocenters. The minimum absolute atomic E-state index is 0.225. The molecule has 1 fully saturated rings.